The fourth-order valence-electron chi connectivity index (χ4n) is 2.30. The van der Waals surface area contributed by atoms with Crippen LogP contribution in [0.1, 0.15) is 33.9 Å². The summed E-state index contributed by atoms with van der Waals surface area (Å²) in [6, 6.07) is 8.45. The van der Waals surface area contributed by atoms with Crippen LogP contribution < -0.4 is 11.3 Å². The van der Waals surface area contributed by atoms with Crippen molar-refractivity contribution in [2.75, 3.05) is 0 Å². The molecule has 0 bridgehead atoms. The quantitative estimate of drug-likeness (QED) is 0.641. The average Bonchev–Trinajstić information content (AvgIpc) is 2.34. The van der Waals surface area contributed by atoms with Crippen molar-refractivity contribution in [3.63, 3.8) is 0 Å². The van der Waals surface area contributed by atoms with Crippen molar-refractivity contribution in [3.05, 3.63) is 64.5 Å². The molecule has 0 spiro atoms. The zero-order chi connectivity index (χ0) is 13.1. The molecule has 3 heteroatoms. The zero-order valence-corrected chi connectivity index (χ0v) is 11.1. The van der Waals surface area contributed by atoms with Crippen LogP contribution in [0, 0.1) is 20.8 Å². The van der Waals surface area contributed by atoms with Gasteiger partial charge in [-0.2, -0.15) is 0 Å². The molecule has 0 aliphatic carbocycles. The highest BCUT2D eigenvalue weighted by Crippen LogP contribution is 2.26. The van der Waals surface area contributed by atoms with Crippen molar-refractivity contribution in [2.45, 2.75) is 26.8 Å². The van der Waals surface area contributed by atoms with Crippen LogP contribution in [0.15, 0.2) is 36.7 Å². The van der Waals surface area contributed by atoms with Crippen LogP contribution in [-0.2, 0) is 0 Å². The maximum atomic E-state index is 5.74. The molecule has 2 aromatic rings. The van der Waals surface area contributed by atoms with Gasteiger partial charge in [0.15, 0.2) is 0 Å². The van der Waals surface area contributed by atoms with Crippen molar-refractivity contribution in [2.24, 2.45) is 5.84 Å². The number of benzene rings is 1. The van der Waals surface area contributed by atoms with Crippen LogP contribution in [0.25, 0.3) is 0 Å². The first-order valence-corrected chi connectivity index (χ1v) is 6.07. The van der Waals surface area contributed by atoms with Crippen LogP contribution in [0.2, 0.25) is 0 Å². The minimum Gasteiger partial charge on any atom is -0.271 e. The molecule has 0 fully saturated rings. The van der Waals surface area contributed by atoms with Crippen molar-refractivity contribution in [1.82, 2.24) is 10.4 Å². The number of aromatic nitrogens is 1. The molecule has 3 nitrogen and oxygen atoms in total. The number of pyridine rings is 1. The molecule has 18 heavy (non-hydrogen) atoms. The van der Waals surface area contributed by atoms with Gasteiger partial charge in [-0.15, -0.1) is 0 Å². The molecule has 0 aliphatic heterocycles. The van der Waals surface area contributed by atoms with E-state index in [9.17, 15) is 0 Å². The van der Waals surface area contributed by atoms with Gasteiger partial charge in [0.2, 0.25) is 0 Å². The van der Waals surface area contributed by atoms with Crippen LogP contribution in [0.4, 0.5) is 0 Å². The van der Waals surface area contributed by atoms with E-state index in [0.717, 1.165) is 5.56 Å². The number of nitrogens with zero attached hydrogens (tertiary/aromatic N) is 1. The number of rotatable bonds is 3. The molecule has 1 unspecified atom stereocenters. The molecule has 1 atom stereocenters. The minimum atomic E-state index is 0.00796. The van der Waals surface area contributed by atoms with Crippen LogP contribution in [-0.4, -0.2) is 4.98 Å². The summed E-state index contributed by atoms with van der Waals surface area (Å²) in [4.78, 5) is 4.12. The molecule has 1 aromatic heterocycles. The monoisotopic (exact) mass is 241 g/mol. The minimum absolute atomic E-state index is 0.00796. The van der Waals surface area contributed by atoms with E-state index in [1.165, 1.54) is 22.3 Å². The summed E-state index contributed by atoms with van der Waals surface area (Å²) in [7, 11) is 0. The number of nitrogens with one attached hydrogen (secondary N) is 1. The summed E-state index contributed by atoms with van der Waals surface area (Å²) in [6.07, 6.45) is 3.67. The van der Waals surface area contributed by atoms with Crippen LogP contribution in [0.5, 0.6) is 0 Å². The second kappa shape index (κ2) is 5.29. The third-order valence-corrected chi connectivity index (χ3v) is 3.28. The molecule has 0 aliphatic rings. The maximum absolute atomic E-state index is 5.74. The third-order valence-electron chi connectivity index (χ3n) is 3.28. The molecule has 1 heterocycles. The lowest BCUT2D eigenvalue weighted by molar-refractivity contribution is 0.629. The predicted molar refractivity (Wildman–Crippen MR) is 74.1 cm³/mol. The maximum Gasteiger partial charge on any atom is 0.0716 e. The Morgan fingerprint density at radius 2 is 1.78 bits per heavy atom. The summed E-state index contributed by atoms with van der Waals surface area (Å²) in [5, 5.41) is 0. The van der Waals surface area contributed by atoms with Gasteiger partial charge in [-0.25, -0.2) is 5.43 Å². The number of hydrogen-bond donors (Lipinski definition) is 2. The molecule has 0 saturated carbocycles. The second-order valence-electron chi connectivity index (χ2n) is 4.69. The Bertz CT molecular complexity index is 549. The molecule has 1 aromatic carbocycles. The van der Waals surface area contributed by atoms with E-state index in [0.29, 0.717) is 0 Å². The molecular weight excluding hydrogens is 222 g/mol. The van der Waals surface area contributed by atoms with Crippen molar-refractivity contribution in [1.29, 1.82) is 0 Å². The van der Waals surface area contributed by atoms with Gasteiger partial charge in [-0.1, -0.05) is 23.8 Å². The summed E-state index contributed by atoms with van der Waals surface area (Å²) >= 11 is 0. The fraction of sp³-hybridized carbons (Fsp3) is 0.267. The number of aryl methyl sites for hydroxylation is 3. The van der Waals surface area contributed by atoms with E-state index in [4.69, 9.17) is 5.84 Å². The Balaban J connectivity index is 2.49. The Morgan fingerprint density at radius 3 is 2.39 bits per heavy atom. The Morgan fingerprint density at radius 1 is 1.06 bits per heavy atom. The van der Waals surface area contributed by atoms with E-state index >= 15 is 0 Å². The van der Waals surface area contributed by atoms with Gasteiger partial charge in [-0.05, 0) is 49.1 Å². The van der Waals surface area contributed by atoms with Gasteiger partial charge in [-0.3, -0.25) is 10.8 Å². The van der Waals surface area contributed by atoms with E-state index in [-0.39, 0.29) is 6.04 Å². The lowest BCUT2D eigenvalue weighted by atomic mass is 9.93. The standard InChI is InChI=1S/C15H19N3/c1-10-4-5-13(11(2)8-10)15(18-16)14-6-7-17-9-12(14)3/h4-9,15,18H,16H2,1-3H3. The highest BCUT2D eigenvalue weighted by Gasteiger charge is 2.16. The van der Waals surface area contributed by atoms with Gasteiger partial charge in [0, 0.05) is 12.4 Å². The first-order valence-electron chi connectivity index (χ1n) is 6.07. The van der Waals surface area contributed by atoms with Gasteiger partial charge in [0.25, 0.3) is 0 Å². The molecule has 3 N–H and O–H groups in total. The van der Waals surface area contributed by atoms with Gasteiger partial charge in [0.1, 0.15) is 0 Å². The smallest absolute Gasteiger partial charge is 0.0716 e. The van der Waals surface area contributed by atoms with E-state index in [1.54, 1.807) is 6.20 Å². The molecule has 0 amide bonds. The molecule has 0 saturated heterocycles. The average molecular weight is 241 g/mol. The first-order chi connectivity index (χ1) is 8.63. The molecule has 0 radical (unpaired) electrons. The fourth-order valence-corrected chi connectivity index (χ4v) is 2.30. The van der Waals surface area contributed by atoms with E-state index < -0.39 is 0 Å². The molecular formula is C15H19N3. The summed E-state index contributed by atoms with van der Waals surface area (Å²) in [5.41, 5.74) is 8.93. The van der Waals surface area contributed by atoms with Crippen molar-refractivity contribution >= 4 is 0 Å². The van der Waals surface area contributed by atoms with Crippen molar-refractivity contribution < 1.29 is 0 Å². The highest BCUT2D eigenvalue weighted by molar-refractivity contribution is 5.40. The van der Waals surface area contributed by atoms with E-state index in [2.05, 4.69) is 49.4 Å². The highest BCUT2D eigenvalue weighted by atomic mass is 15.2. The Kier molecular flexibility index (Phi) is 3.75. The second-order valence-corrected chi connectivity index (χ2v) is 4.69. The zero-order valence-electron chi connectivity index (χ0n) is 11.1. The van der Waals surface area contributed by atoms with Gasteiger partial charge in [0.05, 0.1) is 6.04 Å². The van der Waals surface area contributed by atoms with Crippen LogP contribution in [0.3, 0.4) is 0 Å². The SMILES string of the molecule is Cc1ccc(C(NN)c2ccncc2C)c(C)c1. The lowest BCUT2D eigenvalue weighted by Gasteiger charge is -2.21. The van der Waals surface area contributed by atoms with Gasteiger partial charge < -0.3 is 0 Å². The van der Waals surface area contributed by atoms with Crippen molar-refractivity contribution in [3.8, 4) is 0 Å². The Hall–Kier alpha value is -1.71. The Labute approximate surface area is 108 Å². The first kappa shape index (κ1) is 12.7. The normalized spacial score (nSPS) is 12.4. The van der Waals surface area contributed by atoms with Crippen LogP contribution >= 0.6 is 0 Å². The predicted octanol–water partition coefficient (Wildman–Crippen LogP) is 2.56. The van der Waals surface area contributed by atoms with E-state index in [1.807, 2.05) is 12.3 Å². The summed E-state index contributed by atoms with van der Waals surface area (Å²) in [5.74, 6) is 5.74. The third kappa shape index (κ3) is 2.42. The molecule has 94 valence electrons. The lowest BCUT2D eigenvalue weighted by Crippen LogP contribution is -2.30. The topological polar surface area (TPSA) is 50.9 Å². The summed E-state index contributed by atoms with van der Waals surface area (Å²) < 4.78 is 0. The number of nitrogens with two attached hydrogens (primary N) is 1. The van der Waals surface area contributed by atoms with Gasteiger partial charge >= 0.3 is 0 Å². The largest absolute Gasteiger partial charge is 0.271 e. The number of hydrazine groups is 1. The molecule has 2 rings (SSSR count). The summed E-state index contributed by atoms with van der Waals surface area (Å²) in [6.45, 7) is 6.26. The number of hydrogen-bond acceptors (Lipinski definition) is 3.